The Labute approximate surface area is 131 Å². The largest absolute Gasteiger partial charge is 0.491 e. The van der Waals surface area contributed by atoms with Crippen molar-refractivity contribution in [2.24, 2.45) is 0 Å². The van der Waals surface area contributed by atoms with Gasteiger partial charge in [-0.25, -0.2) is 0 Å². The van der Waals surface area contributed by atoms with E-state index in [-0.39, 0.29) is 6.10 Å². The van der Waals surface area contributed by atoms with Crippen LogP contribution in [0.25, 0.3) is 0 Å². The highest BCUT2D eigenvalue weighted by Gasteiger charge is 2.15. The summed E-state index contributed by atoms with van der Waals surface area (Å²) < 4.78 is 16.7. The number of hydrogen-bond donors (Lipinski definition) is 1. The summed E-state index contributed by atoms with van der Waals surface area (Å²) in [5.41, 5.74) is 1.06. The number of hydrogen-bond acceptors (Lipinski definition) is 4. The minimum Gasteiger partial charge on any atom is -0.491 e. The number of ether oxygens (including phenoxy) is 3. The molecule has 1 atom stereocenters. The molecule has 1 heterocycles. The van der Waals surface area contributed by atoms with Crippen molar-refractivity contribution in [3.8, 4) is 5.75 Å². The monoisotopic (exact) mass is 313 g/mol. The quantitative estimate of drug-likeness (QED) is 0.749. The molecule has 0 bridgehead atoms. The van der Waals surface area contributed by atoms with E-state index < -0.39 is 0 Å². The van der Waals surface area contributed by atoms with Gasteiger partial charge in [0.25, 0.3) is 0 Å². The second-order valence-electron chi connectivity index (χ2n) is 5.22. The van der Waals surface area contributed by atoms with Crippen LogP contribution >= 0.6 is 11.6 Å². The summed E-state index contributed by atoms with van der Waals surface area (Å²) in [6.45, 7) is 3.65. The van der Waals surface area contributed by atoms with Crippen molar-refractivity contribution < 1.29 is 14.2 Å². The number of halogens is 1. The molecule has 5 heteroatoms. The molecular formula is C16H24ClNO3. The first kappa shape index (κ1) is 16.6. The zero-order valence-electron chi connectivity index (χ0n) is 12.6. The van der Waals surface area contributed by atoms with E-state index in [9.17, 15) is 0 Å². The molecular weight excluding hydrogens is 290 g/mol. The predicted molar refractivity (Wildman–Crippen MR) is 84.1 cm³/mol. The summed E-state index contributed by atoms with van der Waals surface area (Å²) in [6.07, 6.45) is 3.67. The van der Waals surface area contributed by atoms with Gasteiger partial charge in [0.1, 0.15) is 12.4 Å². The van der Waals surface area contributed by atoms with Gasteiger partial charge in [-0.15, -0.1) is 0 Å². The van der Waals surface area contributed by atoms with Gasteiger partial charge < -0.3 is 19.5 Å². The van der Waals surface area contributed by atoms with E-state index in [1.54, 1.807) is 7.11 Å². The Balaban J connectivity index is 1.87. The molecule has 1 aromatic rings. The van der Waals surface area contributed by atoms with Gasteiger partial charge >= 0.3 is 0 Å². The first-order chi connectivity index (χ1) is 10.3. The lowest BCUT2D eigenvalue weighted by atomic mass is 10.1. The summed E-state index contributed by atoms with van der Waals surface area (Å²) in [5.74, 6) is 0.874. The zero-order valence-corrected chi connectivity index (χ0v) is 13.3. The zero-order chi connectivity index (χ0) is 14.9. The minimum atomic E-state index is 0.212. The normalized spacial score (nSPS) is 18.7. The van der Waals surface area contributed by atoms with Crippen molar-refractivity contribution in [1.29, 1.82) is 0 Å². The van der Waals surface area contributed by atoms with Gasteiger partial charge in [-0.05, 0) is 37.5 Å². The highest BCUT2D eigenvalue weighted by atomic mass is 35.5. The van der Waals surface area contributed by atoms with E-state index in [2.05, 4.69) is 5.32 Å². The average Bonchev–Trinajstić information content (AvgIpc) is 2.52. The Hall–Kier alpha value is -0.810. The molecule has 0 spiro atoms. The van der Waals surface area contributed by atoms with Gasteiger partial charge in [-0.1, -0.05) is 11.6 Å². The highest BCUT2D eigenvalue weighted by Crippen LogP contribution is 2.24. The molecule has 0 aliphatic carbocycles. The van der Waals surface area contributed by atoms with Crippen molar-refractivity contribution >= 4 is 11.6 Å². The Kier molecular flexibility index (Phi) is 7.30. The Morgan fingerprint density at radius 1 is 1.38 bits per heavy atom. The summed E-state index contributed by atoms with van der Waals surface area (Å²) in [4.78, 5) is 0. The average molecular weight is 314 g/mol. The molecule has 118 valence electrons. The van der Waals surface area contributed by atoms with Crippen LogP contribution in [0.15, 0.2) is 18.2 Å². The van der Waals surface area contributed by atoms with Crippen molar-refractivity contribution in [2.45, 2.75) is 31.9 Å². The lowest BCUT2D eigenvalue weighted by Crippen LogP contribution is -2.26. The second kappa shape index (κ2) is 9.26. The van der Waals surface area contributed by atoms with Crippen LogP contribution in [-0.2, 0) is 16.0 Å². The molecule has 0 saturated carbocycles. The van der Waals surface area contributed by atoms with Gasteiger partial charge in [0, 0.05) is 37.4 Å². The first-order valence-electron chi connectivity index (χ1n) is 7.52. The molecule has 1 unspecified atom stereocenters. The van der Waals surface area contributed by atoms with Gasteiger partial charge in [0.15, 0.2) is 0 Å². The molecule has 2 rings (SSSR count). The molecule has 4 nitrogen and oxygen atoms in total. The van der Waals surface area contributed by atoms with Crippen LogP contribution in [-0.4, -0.2) is 39.6 Å². The Morgan fingerprint density at radius 2 is 2.29 bits per heavy atom. The van der Waals surface area contributed by atoms with Crippen LogP contribution in [0.1, 0.15) is 24.8 Å². The molecule has 0 radical (unpaired) electrons. The van der Waals surface area contributed by atoms with Crippen LogP contribution in [0.4, 0.5) is 0 Å². The van der Waals surface area contributed by atoms with E-state index in [0.29, 0.717) is 19.8 Å². The molecule has 1 N–H and O–H groups in total. The molecule has 1 aromatic carbocycles. The van der Waals surface area contributed by atoms with E-state index in [1.807, 2.05) is 18.2 Å². The lowest BCUT2D eigenvalue weighted by Gasteiger charge is -2.23. The summed E-state index contributed by atoms with van der Waals surface area (Å²) >= 11 is 6.07. The van der Waals surface area contributed by atoms with Crippen molar-refractivity contribution in [3.05, 3.63) is 28.8 Å². The van der Waals surface area contributed by atoms with E-state index >= 15 is 0 Å². The van der Waals surface area contributed by atoms with Crippen LogP contribution in [0.5, 0.6) is 5.75 Å². The molecule has 0 amide bonds. The van der Waals surface area contributed by atoms with Crippen molar-refractivity contribution in [2.75, 3.05) is 33.5 Å². The smallest absolute Gasteiger partial charge is 0.124 e. The van der Waals surface area contributed by atoms with Gasteiger partial charge in [-0.2, -0.15) is 0 Å². The number of methoxy groups -OCH3 is 1. The van der Waals surface area contributed by atoms with Crippen LogP contribution in [0.2, 0.25) is 5.02 Å². The molecule has 1 aliphatic rings. The maximum atomic E-state index is 6.07. The topological polar surface area (TPSA) is 39.7 Å². The summed E-state index contributed by atoms with van der Waals surface area (Å²) in [6, 6.07) is 5.73. The minimum absolute atomic E-state index is 0.212. The standard InChI is InChI=1S/C16H24ClNO3/c1-19-9-7-18-11-13-10-14(17)5-6-16(13)21-12-15-4-2-3-8-20-15/h5-6,10,15,18H,2-4,7-9,11-12H2,1H3. The highest BCUT2D eigenvalue weighted by molar-refractivity contribution is 6.30. The third kappa shape index (κ3) is 5.83. The SMILES string of the molecule is COCCNCc1cc(Cl)ccc1OCC1CCCCO1. The maximum Gasteiger partial charge on any atom is 0.124 e. The first-order valence-corrected chi connectivity index (χ1v) is 7.90. The van der Waals surface area contributed by atoms with E-state index in [4.69, 9.17) is 25.8 Å². The van der Waals surface area contributed by atoms with Gasteiger partial charge in [-0.3, -0.25) is 0 Å². The Morgan fingerprint density at radius 3 is 3.05 bits per heavy atom. The van der Waals surface area contributed by atoms with Crippen LogP contribution in [0.3, 0.4) is 0 Å². The summed E-state index contributed by atoms with van der Waals surface area (Å²) in [7, 11) is 1.69. The fourth-order valence-corrected chi connectivity index (χ4v) is 2.54. The van der Waals surface area contributed by atoms with Gasteiger partial charge in [0.05, 0.1) is 12.7 Å². The van der Waals surface area contributed by atoms with E-state index in [1.165, 1.54) is 6.42 Å². The third-order valence-electron chi connectivity index (χ3n) is 3.52. The Bertz CT molecular complexity index is 422. The number of nitrogens with one attached hydrogen (secondary N) is 1. The van der Waals surface area contributed by atoms with Crippen molar-refractivity contribution in [3.63, 3.8) is 0 Å². The fraction of sp³-hybridized carbons (Fsp3) is 0.625. The van der Waals surface area contributed by atoms with Crippen molar-refractivity contribution in [1.82, 2.24) is 5.32 Å². The summed E-state index contributed by atoms with van der Waals surface area (Å²) in [5, 5.41) is 4.04. The fourth-order valence-electron chi connectivity index (χ4n) is 2.35. The predicted octanol–water partition coefficient (Wildman–Crippen LogP) is 3.02. The molecule has 1 aliphatic heterocycles. The number of benzene rings is 1. The van der Waals surface area contributed by atoms with Crippen LogP contribution in [0, 0.1) is 0 Å². The number of rotatable bonds is 8. The third-order valence-corrected chi connectivity index (χ3v) is 3.75. The molecule has 1 fully saturated rings. The lowest BCUT2D eigenvalue weighted by molar-refractivity contribution is -0.0112. The maximum absolute atomic E-state index is 6.07. The molecule has 1 saturated heterocycles. The van der Waals surface area contributed by atoms with Crippen LogP contribution < -0.4 is 10.1 Å². The van der Waals surface area contributed by atoms with E-state index in [0.717, 1.165) is 42.3 Å². The molecule has 0 aromatic heterocycles. The van der Waals surface area contributed by atoms with Gasteiger partial charge in [0.2, 0.25) is 0 Å². The molecule has 21 heavy (non-hydrogen) atoms. The second-order valence-corrected chi connectivity index (χ2v) is 5.66.